The third-order valence-corrected chi connectivity index (χ3v) is 13.4. The zero-order valence-electron chi connectivity index (χ0n) is 45.1. The summed E-state index contributed by atoms with van der Waals surface area (Å²) in [5.41, 5.74) is 2.22. The smallest absolute Gasteiger partial charge is 0.329 e. The Bertz CT molecular complexity index is 2460. The number of methoxy groups -OCH3 is 1. The summed E-state index contributed by atoms with van der Waals surface area (Å²) in [6.07, 6.45) is 1.12. The number of nitrogens with one attached hydrogen (secondary N) is 3. The molecule has 0 spiro atoms. The van der Waals surface area contributed by atoms with Crippen molar-refractivity contribution in [1.82, 2.24) is 35.2 Å². The number of carbonyl (C=O) groups excluding carboxylic acids is 7. The number of nitrogens with zero attached hydrogens (tertiary/aromatic N) is 5. The summed E-state index contributed by atoms with van der Waals surface area (Å²) in [6.45, 7) is 17.0. The van der Waals surface area contributed by atoms with Gasteiger partial charge in [0.25, 0.3) is 5.91 Å². The number of hydrogen-bond acceptors (Lipinski definition) is 10. The lowest BCUT2D eigenvalue weighted by atomic mass is 9.96. The van der Waals surface area contributed by atoms with E-state index in [-0.39, 0.29) is 74.4 Å². The van der Waals surface area contributed by atoms with Crippen LogP contribution in [0.25, 0.3) is 10.9 Å². The van der Waals surface area contributed by atoms with Crippen LogP contribution < -0.4 is 20.7 Å². The molecule has 400 valence electrons. The van der Waals surface area contributed by atoms with Gasteiger partial charge in [-0.25, -0.2) is 9.18 Å². The van der Waals surface area contributed by atoms with Crippen LogP contribution in [0.5, 0.6) is 5.75 Å². The third-order valence-electron chi connectivity index (χ3n) is 13.4. The number of rotatable bonds is 16. The second-order valence-corrected chi connectivity index (χ2v) is 21.2. The first-order valence-electron chi connectivity index (χ1n) is 25.6. The molecule has 18 heteroatoms. The van der Waals surface area contributed by atoms with Gasteiger partial charge in [-0.1, -0.05) is 79.7 Å². The fraction of sp³-hybridized carbons (Fsp3) is 0.600. The lowest BCUT2D eigenvalue weighted by Crippen LogP contribution is -2.60. The Morgan fingerprint density at radius 1 is 0.699 bits per heavy atom. The van der Waals surface area contributed by atoms with Crippen molar-refractivity contribution in [2.45, 2.75) is 163 Å². The van der Waals surface area contributed by atoms with Gasteiger partial charge in [0, 0.05) is 64.1 Å². The molecule has 1 fully saturated rings. The van der Waals surface area contributed by atoms with Crippen LogP contribution in [0, 0.1) is 40.8 Å². The van der Waals surface area contributed by atoms with E-state index in [4.69, 9.17) is 9.47 Å². The van der Waals surface area contributed by atoms with Crippen LogP contribution >= 0.6 is 0 Å². The van der Waals surface area contributed by atoms with Gasteiger partial charge in [-0.15, -0.1) is 0 Å². The van der Waals surface area contributed by atoms with Crippen LogP contribution in [0.1, 0.15) is 118 Å². The summed E-state index contributed by atoms with van der Waals surface area (Å²) in [5.74, 6) is -5.57. The number of halogens is 1. The normalized spacial score (nSPS) is 22.7. The Morgan fingerprint density at radius 2 is 1.22 bits per heavy atom. The summed E-state index contributed by atoms with van der Waals surface area (Å²) >= 11 is 0. The van der Waals surface area contributed by atoms with E-state index in [9.17, 15) is 33.6 Å². The van der Waals surface area contributed by atoms with Gasteiger partial charge in [0.05, 0.1) is 13.2 Å². The largest absolute Gasteiger partial charge is 0.494 e. The van der Waals surface area contributed by atoms with Gasteiger partial charge >= 0.3 is 5.97 Å². The fourth-order valence-electron chi connectivity index (χ4n) is 9.17. The van der Waals surface area contributed by atoms with Crippen molar-refractivity contribution in [2.24, 2.45) is 23.7 Å². The first-order valence-corrected chi connectivity index (χ1v) is 25.6. The summed E-state index contributed by atoms with van der Waals surface area (Å²) in [7, 11) is 5.74. The maximum atomic E-state index is 15.2. The van der Waals surface area contributed by atoms with Gasteiger partial charge in [-0.3, -0.25) is 28.8 Å². The molecule has 4 rings (SSSR count). The molecule has 1 aliphatic heterocycles. The molecule has 2 aromatic carbocycles. The zero-order chi connectivity index (χ0) is 54.4. The van der Waals surface area contributed by atoms with E-state index in [1.807, 2.05) is 96.5 Å². The van der Waals surface area contributed by atoms with Crippen LogP contribution in [0.4, 0.5) is 4.39 Å². The Balaban J connectivity index is 1.93. The molecule has 0 saturated carbocycles. The molecule has 3 aromatic rings. The van der Waals surface area contributed by atoms with Gasteiger partial charge in [-0.05, 0) is 92.0 Å². The van der Waals surface area contributed by atoms with Crippen molar-refractivity contribution in [3.63, 3.8) is 0 Å². The number of cyclic esters (lactones) is 1. The average molecular weight is 1020 g/mol. The Kier molecular flexibility index (Phi) is 21.8. The Hall–Kier alpha value is -6.51. The number of benzene rings is 2. The standard InChI is InChI=1S/C55H79FN8O9/c1-32(2)20-23-45-49(65)58-42(26-34(5)6)54(70)63(12)46(29-38-31-64(44-18-15-14-17-39(38)44)30-37-21-22-40(56)48(28-37)72-13)50(66)59-41(25-33(3)4)52(68)61(10)36(9)55(71)73-47(19-16-24-57)51(67)60-43(27-35(7)8)53(69)62(45)11/h14-15,17-18,21-22,28,31-36,41-43,45-47H,16,19-20,23,25-27,29-30H2,1-13H3,(H,58,65)(H,59,66)(H,60,67)/t36-,41-,42-,43-,45-,46-,47+/m0/s1. The Labute approximate surface area is 430 Å². The monoisotopic (exact) mass is 1010 g/mol. The summed E-state index contributed by atoms with van der Waals surface area (Å²) in [6, 6.07) is 6.91. The van der Waals surface area contributed by atoms with Crippen molar-refractivity contribution in [3.05, 3.63) is 65.6 Å². The quantitative estimate of drug-likeness (QED) is 0.140. The average Bonchev–Trinajstić information content (AvgIpc) is 3.67. The number of para-hydroxylation sites is 1. The van der Waals surface area contributed by atoms with Crippen LogP contribution in [0.3, 0.4) is 0 Å². The number of carbonyl (C=O) groups is 7. The van der Waals surface area contributed by atoms with E-state index in [2.05, 4.69) is 16.0 Å². The second-order valence-electron chi connectivity index (χ2n) is 21.2. The molecule has 0 unspecified atom stereocenters. The third kappa shape index (κ3) is 16.0. The van der Waals surface area contributed by atoms with Crippen molar-refractivity contribution in [1.29, 1.82) is 5.26 Å². The van der Waals surface area contributed by atoms with Crippen molar-refractivity contribution in [3.8, 4) is 11.8 Å². The maximum absolute atomic E-state index is 15.2. The van der Waals surface area contributed by atoms with E-state index < -0.39 is 89.6 Å². The summed E-state index contributed by atoms with van der Waals surface area (Å²) in [4.78, 5) is 106. The number of esters is 1. The number of likely N-dealkylation sites (N-methyl/N-ethyl adjacent to an activating group) is 3. The molecule has 0 bridgehead atoms. The molecule has 7 atom stereocenters. The topological polar surface area (TPSA) is 212 Å². The molecule has 0 aliphatic carbocycles. The molecule has 0 radical (unpaired) electrons. The molecule has 73 heavy (non-hydrogen) atoms. The lowest BCUT2D eigenvalue weighted by Gasteiger charge is -2.35. The molecule has 6 amide bonds. The first-order chi connectivity index (χ1) is 34.4. The van der Waals surface area contributed by atoms with Crippen LogP contribution in [0.2, 0.25) is 0 Å². The van der Waals surface area contributed by atoms with E-state index in [0.29, 0.717) is 18.5 Å². The van der Waals surface area contributed by atoms with E-state index >= 15 is 9.59 Å². The maximum Gasteiger partial charge on any atom is 0.329 e. The van der Waals surface area contributed by atoms with E-state index in [1.165, 1.54) is 51.0 Å². The lowest BCUT2D eigenvalue weighted by molar-refractivity contribution is -0.163. The minimum Gasteiger partial charge on any atom is -0.494 e. The minimum atomic E-state index is -1.52. The molecular formula is C55H79FN8O9. The van der Waals surface area contributed by atoms with Gasteiger partial charge < -0.3 is 44.7 Å². The molecule has 3 N–H and O–H groups in total. The number of amides is 6. The van der Waals surface area contributed by atoms with Crippen LogP contribution in [-0.2, 0) is 51.3 Å². The van der Waals surface area contributed by atoms with Gasteiger partial charge in [-0.2, -0.15) is 5.26 Å². The number of nitriles is 1. The summed E-state index contributed by atoms with van der Waals surface area (Å²) < 4.78 is 27.4. The summed E-state index contributed by atoms with van der Waals surface area (Å²) in [5, 5.41) is 19.0. The second kappa shape index (κ2) is 27.0. The molecule has 1 aromatic heterocycles. The predicted molar refractivity (Wildman–Crippen MR) is 276 cm³/mol. The number of fused-ring (bicyclic) bond motifs is 1. The molecule has 17 nitrogen and oxygen atoms in total. The van der Waals surface area contributed by atoms with E-state index in [1.54, 1.807) is 12.1 Å². The van der Waals surface area contributed by atoms with Crippen LogP contribution in [0.15, 0.2) is 48.7 Å². The van der Waals surface area contributed by atoms with Gasteiger partial charge in [0.15, 0.2) is 17.7 Å². The highest BCUT2D eigenvalue weighted by Gasteiger charge is 2.40. The van der Waals surface area contributed by atoms with Crippen molar-refractivity contribution < 1.29 is 47.4 Å². The Morgan fingerprint density at radius 3 is 1.75 bits per heavy atom. The highest BCUT2D eigenvalue weighted by Crippen LogP contribution is 2.28. The van der Waals surface area contributed by atoms with Crippen molar-refractivity contribution in [2.75, 3.05) is 28.3 Å². The molecule has 1 saturated heterocycles. The zero-order valence-corrected chi connectivity index (χ0v) is 45.1. The highest BCUT2D eigenvalue weighted by atomic mass is 19.1. The molecular weight excluding hydrogens is 936 g/mol. The highest BCUT2D eigenvalue weighted by molar-refractivity contribution is 5.98. The SMILES string of the molecule is COc1cc(Cn2cc(C[C@H]3C(=O)N[C@@H](CC(C)C)C(=O)N(C)[C@@H](C)C(=O)O[C@H](CCC#N)C(=O)N[C@@H](CC(C)C)C(=O)N(C)[C@@H](CCC(C)C)C(=O)N[C@@H](CC(C)C)C(=O)N3C)c3ccccc32)ccc1F. The molecule has 2 heterocycles. The fourth-order valence-corrected chi connectivity index (χ4v) is 9.17. The van der Waals surface area contributed by atoms with Crippen molar-refractivity contribution >= 4 is 52.3 Å². The minimum absolute atomic E-state index is 0.0472. The first kappa shape index (κ1) is 59.1. The predicted octanol–water partition coefficient (Wildman–Crippen LogP) is 6.14. The number of hydrogen-bond donors (Lipinski definition) is 3. The van der Waals surface area contributed by atoms with E-state index in [0.717, 1.165) is 21.4 Å². The van der Waals surface area contributed by atoms with Gasteiger partial charge in [0.1, 0.15) is 36.3 Å². The number of ether oxygens (including phenoxy) is 2. The van der Waals surface area contributed by atoms with Crippen LogP contribution in [-0.4, -0.2) is 131 Å². The van der Waals surface area contributed by atoms with Gasteiger partial charge in [0.2, 0.25) is 29.5 Å². The molecule has 1 aliphatic rings. The number of aromatic nitrogens is 1.